The normalized spacial score (nSPS) is 18.8. The number of rotatable bonds is 1. The van der Waals surface area contributed by atoms with Gasteiger partial charge in [0.2, 0.25) is 0 Å². The van der Waals surface area contributed by atoms with Gasteiger partial charge in [0.05, 0.1) is 0 Å². The van der Waals surface area contributed by atoms with E-state index in [2.05, 4.69) is 9.97 Å². The molecule has 1 unspecified atom stereocenters. The molecule has 0 saturated heterocycles. The molecule has 3 rings (SSSR count). The third-order valence-electron chi connectivity index (χ3n) is 3.28. The fourth-order valence-electron chi connectivity index (χ4n) is 2.46. The first kappa shape index (κ1) is 15.2. The van der Waals surface area contributed by atoms with Crippen LogP contribution in [0.25, 0.3) is 10.3 Å². The average molecular weight is 499 g/mol. The quantitative estimate of drug-likeness (QED) is 0.614. The predicted molar refractivity (Wildman–Crippen MR) is 80.2 cm³/mol. The van der Waals surface area contributed by atoms with E-state index in [1.165, 1.54) is 0 Å². The minimum atomic E-state index is -0.492. The summed E-state index contributed by atoms with van der Waals surface area (Å²) < 4.78 is 12.3. The average Bonchev–Trinajstić information content (AvgIpc) is 2.95. The van der Waals surface area contributed by atoms with E-state index >= 15 is 0 Å². The van der Waals surface area contributed by atoms with Crippen LogP contribution in [0.2, 0.25) is 0 Å². The van der Waals surface area contributed by atoms with Gasteiger partial charge >= 0.3 is 143 Å². The number of nitrogens with zero attached hydrogens (tertiary/aromatic N) is 2. The summed E-state index contributed by atoms with van der Waals surface area (Å²) in [5.41, 5.74) is 4.38. The number of amides is 1. The van der Waals surface area contributed by atoms with Gasteiger partial charge in [0.15, 0.2) is 0 Å². The number of aromatic amines is 1. The fraction of sp³-hybridized carbons (Fsp3) is 0.538. The molecule has 0 radical (unpaired) electrons. The number of ether oxygens (including phenoxy) is 1. The maximum absolute atomic E-state index is 12.3. The van der Waals surface area contributed by atoms with Gasteiger partial charge in [-0.2, -0.15) is 0 Å². The third kappa shape index (κ3) is 2.95. The molecule has 1 N–H and O–H groups in total. The van der Waals surface area contributed by atoms with Crippen molar-refractivity contribution in [2.45, 2.75) is 39.0 Å². The van der Waals surface area contributed by atoms with Crippen LogP contribution in [0.15, 0.2) is 5.51 Å². The van der Waals surface area contributed by atoms with E-state index in [4.69, 9.17) is 7.42 Å². The summed E-state index contributed by atoms with van der Waals surface area (Å²) in [6.07, 6.45) is -0.383. The first-order valence-corrected chi connectivity index (χ1v) is 9.37. The second kappa shape index (κ2) is 5.51. The molecule has 6 nitrogen and oxygen atoms in total. The number of aromatic nitrogens is 2. The number of hydrogen-bond acceptors (Lipinski definition) is 5. The van der Waals surface area contributed by atoms with Crippen LogP contribution >= 0.6 is 11.3 Å². The summed E-state index contributed by atoms with van der Waals surface area (Å²) in [5.74, 6) is 0. The number of thiazole rings is 1. The number of H-pyrrole nitrogens is 1. The molecule has 0 aliphatic carbocycles. The second-order valence-corrected chi connectivity index (χ2v) is 7.95. The summed E-state index contributed by atoms with van der Waals surface area (Å²) in [5, 5.41) is 0. The molecule has 21 heavy (non-hydrogen) atoms. The molecule has 3 heterocycles. The predicted octanol–water partition coefficient (Wildman–Crippen LogP) is 2.52. The molecule has 110 valence electrons. The number of carbonyl (C=O) groups excluding carboxylic acids is 1. The Morgan fingerprint density at radius 2 is 2.33 bits per heavy atom. The van der Waals surface area contributed by atoms with Gasteiger partial charge in [0.25, 0.3) is 0 Å². The van der Waals surface area contributed by atoms with Crippen molar-refractivity contribution in [3.8, 4) is 0 Å². The van der Waals surface area contributed by atoms with Crippen molar-refractivity contribution in [2.75, 3.05) is 6.54 Å². The Bertz CT molecular complexity index is 676. The van der Waals surface area contributed by atoms with Gasteiger partial charge in [0.1, 0.15) is 0 Å². The van der Waals surface area contributed by atoms with Crippen LogP contribution in [0.1, 0.15) is 38.1 Å². The van der Waals surface area contributed by atoms with Gasteiger partial charge in [-0.15, -0.1) is 0 Å². The van der Waals surface area contributed by atoms with Crippen molar-refractivity contribution in [1.29, 1.82) is 0 Å². The Labute approximate surface area is 143 Å². The van der Waals surface area contributed by atoms with Crippen LogP contribution in [0.4, 0.5) is 4.79 Å². The first-order valence-electron chi connectivity index (χ1n) is 6.66. The molecule has 1 amide bonds. The molecule has 2 aromatic heterocycles. The van der Waals surface area contributed by atoms with Crippen molar-refractivity contribution in [1.82, 2.24) is 14.9 Å². The summed E-state index contributed by atoms with van der Waals surface area (Å²) in [7, 11) is 0. The summed E-state index contributed by atoms with van der Waals surface area (Å²) in [6.45, 7) is 6.66. The van der Waals surface area contributed by atoms with E-state index in [1.807, 2.05) is 26.3 Å². The van der Waals surface area contributed by atoms with Gasteiger partial charge in [-0.05, 0) is 0 Å². The van der Waals surface area contributed by atoms with Crippen LogP contribution in [0.3, 0.4) is 0 Å². The van der Waals surface area contributed by atoms with Crippen LogP contribution in [-0.2, 0) is 14.0 Å². The van der Waals surface area contributed by atoms with Gasteiger partial charge < -0.3 is 0 Å². The molecule has 0 fully saturated rings. The van der Waals surface area contributed by atoms with Gasteiger partial charge in [0, 0.05) is 0 Å². The van der Waals surface area contributed by atoms with Crippen molar-refractivity contribution < 1.29 is 12.2 Å². The monoisotopic (exact) mass is 499 g/mol. The molecule has 1 atom stereocenters. The van der Waals surface area contributed by atoms with E-state index < -0.39 is 5.60 Å². The number of fused-ring (bicyclic) bond motifs is 3. The molecule has 1 aliphatic heterocycles. The van der Waals surface area contributed by atoms with Crippen LogP contribution in [0.5, 0.6) is 0 Å². The molecule has 0 bridgehead atoms. The Morgan fingerprint density at radius 3 is 3.00 bits per heavy atom. The Kier molecular flexibility index (Phi) is 3.99. The maximum atomic E-state index is 12.3. The van der Waals surface area contributed by atoms with Crippen molar-refractivity contribution >= 4 is 54.0 Å². The standard InChI is InChI=1S/C13H16N3O3S.Tl/c1-13(2,3)19-12(18)16-4-7-9(8(17)5-16)10-11(15-7)14-6-20-10;/h6,8,15H,4-5H2,1-3H3;/q-1;+1. The Morgan fingerprint density at radius 1 is 1.57 bits per heavy atom. The minimum absolute atomic E-state index is 0.0829. The fourth-order valence-corrected chi connectivity index (χ4v) is 4.19. The van der Waals surface area contributed by atoms with Crippen LogP contribution < -0.4 is 0 Å². The number of nitrogens with one attached hydrogen (secondary N) is 1. The Balaban J connectivity index is 1.90. The number of carbonyl (C=O) groups is 1. The topological polar surface area (TPSA) is 67.5 Å². The van der Waals surface area contributed by atoms with Crippen molar-refractivity contribution in [3.05, 3.63) is 16.8 Å². The van der Waals surface area contributed by atoms with Crippen molar-refractivity contribution in [3.63, 3.8) is 0 Å². The zero-order chi connectivity index (χ0) is 15.2. The van der Waals surface area contributed by atoms with E-state index in [0.29, 0.717) is 39.3 Å². The summed E-state index contributed by atoms with van der Waals surface area (Å²) in [6, 6.07) is 0. The molecular formula is C13H16N3O3STl. The third-order valence-corrected chi connectivity index (χ3v) is 5.42. The molecule has 1 aliphatic rings. The van der Waals surface area contributed by atoms with E-state index in [9.17, 15) is 4.79 Å². The summed E-state index contributed by atoms with van der Waals surface area (Å²) in [4.78, 5) is 21.6. The van der Waals surface area contributed by atoms with E-state index in [0.717, 1.165) is 21.6 Å². The first-order chi connectivity index (χ1) is 9.89. The van der Waals surface area contributed by atoms with E-state index in [1.54, 1.807) is 16.2 Å². The SMILES string of the molecule is CC(C)(C)OC(=O)N1Cc2[nH]c3ncsc3c2C([O][Tl])C1. The zero-order valence-corrected chi connectivity index (χ0v) is 17.5. The second-order valence-electron chi connectivity index (χ2n) is 6.03. The molecule has 0 saturated carbocycles. The molecule has 0 spiro atoms. The van der Waals surface area contributed by atoms with Crippen LogP contribution in [-0.4, -0.2) is 59.3 Å². The van der Waals surface area contributed by atoms with Gasteiger partial charge in [-0.1, -0.05) is 0 Å². The number of hydrogen-bond donors (Lipinski definition) is 1. The summed E-state index contributed by atoms with van der Waals surface area (Å²) >= 11 is 2.02. The van der Waals surface area contributed by atoms with Crippen LogP contribution in [0, 0.1) is 0 Å². The molecule has 0 aromatic carbocycles. The Hall–Kier alpha value is -0.678. The molecule has 2 aromatic rings. The molecule has 8 heteroatoms. The van der Waals surface area contributed by atoms with Gasteiger partial charge in [-0.3, -0.25) is 0 Å². The zero-order valence-electron chi connectivity index (χ0n) is 12.2. The molecular weight excluding hydrogens is 483 g/mol. The van der Waals surface area contributed by atoms with Crippen molar-refractivity contribution in [2.24, 2.45) is 0 Å². The van der Waals surface area contributed by atoms with Gasteiger partial charge in [-0.25, -0.2) is 0 Å². The van der Waals surface area contributed by atoms with E-state index in [-0.39, 0.29) is 12.2 Å².